The van der Waals surface area contributed by atoms with Crippen LogP contribution in [0.2, 0.25) is 0 Å². The van der Waals surface area contributed by atoms with Crippen molar-refractivity contribution in [3.63, 3.8) is 0 Å². The molecule has 1 amide bonds. The molecule has 1 aromatic rings. The van der Waals surface area contributed by atoms with Crippen molar-refractivity contribution in [2.75, 3.05) is 33.9 Å². The summed E-state index contributed by atoms with van der Waals surface area (Å²) in [6, 6.07) is 6.20. The van der Waals surface area contributed by atoms with Gasteiger partial charge in [-0.2, -0.15) is 4.31 Å². The molecular formula is C19H28N2O4S. The highest BCUT2D eigenvalue weighted by Crippen LogP contribution is 2.25. The molecule has 0 bridgehead atoms. The van der Waals surface area contributed by atoms with E-state index in [9.17, 15) is 13.2 Å². The van der Waals surface area contributed by atoms with Gasteiger partial charge in [0.15, 0.2) is 0 Å². The lowest BCUT2D eigenvalue weighted by Gasteiger charge is -2.24. The molecule has 1 aliphatic rings. The van der Waals surface area contributed by atoms with Crippen molar-refractivity contribution in [2.45, 2.75) is 37.1 Å². The minimum atomic E-state index is -3.63. The molecule has 1 heterocycles. The van der Waals surface area contributed by atoms with Crippen LogP contribution in [0.4, 0.5) is 0 Å². The second kappa shape index (κ2) is 9.30. The van der Waals surface area contributed by atoms with Gasteiger partial charge < -0.3 is 9.64 Å². The monoisotopic (exact) mass is 380 g/mol. The van der Waals surface area contributed by atoms with Crippen LogP contribution in [-0.2, 0) is 14.8 Å². The maximum absolute atomic E-state index is 13.0. The van der Waals surface area contributed by atoms with Crippen molar-refractivity contribution in [1.82, 2.24) is 9.21 Å². The van der Waals surface area contributed by atoms with Crippen LogP contribution in [0, 0.1) is 0 Å². The van der Waals surface area contributed by atoms with Crippen LogP contribution in [0.15, 0.2) is 41.3 Å². The summed E-state index contributed by atoms with van der Waals surface area (Å²) in [6.45, 7) is 3.54. The maximum atomic E-state index is 13.0. The second-order valence-electron chi connectivity index (χ2n) is 6.46. The minimum Gasteiger partial charge on any atom is -0.385 e. The Balaban J connectivity index is 2.18. The first-order valence-electron chi connectivity index (χ1n) is 8.94. The third kappa shape index (κ3) is 4.72. The van der Waals surface area contributed by atoms with Gasteiger partial charge in [0, 0.05) is 45.5 Å². The van der Waals surface area contributed by atoms with E-state index in [0.29, 0.717) is 25.3 Å². The Hall–Kier alpha value is -1.70. The molecule has 0 saturated heterocycles. The molecule has 1 aliphatic heterocycles. The molecular weight excluding hydrogens is 352 g/mol. The molecule has 144 valence electrons. The summed E-state index contributed by atoms with van der Waals surface area (Å²) < 4.78 is 32.5. The molecule has 0 N–H and O–H groups in total. The summed E-state index contributed by atoms with van der Waals surface area (Å²) in [7, 11) is -0.303. The zero-order chi connectivity index (χ0) is 19.2. The number of methoxy groups -OCH3 is 1. The van der Waals surface area contributed by atoms with Crippen LogP contribution in [0.25, 0.3) is 0 Å². The van der Waals surface area contributed by atoms with Gasteiger partial charge in [-0.25, -0.2) is 8.42 Å². The van der Waals surface area contributed by atoms with Crippen LogP contribution in [0.3, 0.4) is 0 Å². The normalized spacial score (nSPS) is 17.6. The zero-order valence-corrected chi connectivity index (χ0v) is 16.5. The van der Waals surface area contributed by atoms with Crippen LogP contribution < -0.4 is 0 Å². The van der Waals surface area contributed by atoms with Crippen molar-refractivity contribution in [3.05, 3.63) is 42.0 Å². The highest BCUT2D eigenvalue weighted by atomic mass is 32.2. The van der Waals surface area contributed by atoms with Crippen LogP contribution >= 0.6 is 0 Å². The van der Waals surface area contributed by atoms with E-state index in [1.807, 2.05) is 19.1 Å². The average Bonchev–Trinajstić information content (AvgIpc) is 3.11. The van der Waals surface area contributed by atoms with E-state index < -0.39 is 10.0 Å². The van der Waals surface area contributed by atoms with Crippen molar-refractivity contribution >= 4 is 15.9 Å². The van der Waals surface area contributed by atoms with E-state index in [1.54, 1.807) is 37.3 Å². The SMILES string of the molecule is CCC[C@@H]1C=CCN1S(=O)(=O)c1cccc(C(=O)N(C)CCCOC)c1. The third-order valence-electron chi connectivity index (χ3n) is 4.47. The average molecular weight is 381 g/mol. The number of ether oxygens (including phenoxy) is 1. The maximum Gasteiger partial charge on any atom is 0.253 e. The number of hydrogen-bond acceptors (Lipinski definition) is 4. The molecule has 6 nitrogen and oxygen atoms in total. The Bertz CT molecular complexity index is 746. The Kier molecular flexibility index (Phi) is 7.37. The second-order valence-corrected chi connectivity index (χ2v) is 8.35. The first-order valence-corrected chi connectivity index (χ1v) is 10.4. The summed E-state index contributed by atoms with van der Waals surface area (Å²) >= 11 is 0. The molecule has 7 heteroatoms. The highest BCUT2D eigenvalue weighted by molar-refractivity contribution is 7.89. The number of rotatable bonds is 9. The smallest absolute Gasteiger partial charge is 0.253 e. The van der Waals surface area contributed by atoms with Crippen molar-refractivity contribution < 1.29 is 17.9 Å². The molecule has 2 rings (SSSR count). The Morgan fingerprint density at radius 2 is 2.15 bits per heavy atom. The van der Waals surface area contributed by atoms with E-state index in [0.717, 1.165) is 19.3 Å². The van der Waals surface area contributed by atoms with Crippen molar-refractivity contribution in [2.24, 2.45) is 0 Å². The lowest BCUT2D eigenvalue weighted by Crippen LogP contribution is -2.36. The van der Waals surface area contributed by atoms with E-state index in [1.165, 1.54) is 10.4 Å². The molecule has 0 saturated carbocycles. The van der Waals surface area contributed by atoms with Gasteiger partial charge in [0.2, 0.25) is 10.0 Å². The third-order valence-corrected chi connectivity index (χ3v) is 6.36. The Labute approximate surface area is 156 Å². The first kappa shape index (κ1) is 20.6. The van der Waals surface area contributed by atoms with Gasteiger partial charge in [-0.3, -0.25) is 4.79 Å². The summed E-state index contributed by atoms with van der Waals surface area (Å²) in [4.78, 5) is 14.3. The van der Waals surface area contributed by atoms with Crippen molar-refractivity contribution in [3.8, 4) is 0 Å². The van der Waals surface area contributed by atoms with Crippen molar-refractivity contribution in [1.29, 1.82) is 0 Å². The van der Waals surface area contributed by atoms with Gasteiger partial charge in [0.1, 0.15) is 0 Å². The predicted molar refractivity (Wildman–Crippen MR) is 102 cm³/mol. The van der Waals surface area contributed by atoms with Crippen LogP contribution in [-0.4, -0.2) is 63.4 Å². The summed E-state index contributed by atoms with van der Waals surface area (Å²) in [5, 5.41) is 0. The number of amides is 1. The van der Waals surface area contributed by atoms with E-state index in [2.05, 4.69) is 0 Å². The molecule has 0 fully saturated rings. The molecule has 1 atom stereocenters. The topological polar surface area (TPSA) is 66.9 Å². The van der Waals surface area contributed by atoms with E-state index in [-0.39, 0.29) is 16.8 Å². The molecule has 0 spiro atoms. The molecule has 26 heavy (non-hydrogen) atoms. The lowest BCUT2D eigenvalue weighted by atomic mass is 10.2. The van der Waals surface area contributed by atoms with Gasteiger partial charge in [-0.1, -0.05) is 31.6 Å². The molecule has 0 radical (unpaired) electrons. The van der Waals surface area contributed by atoms with Gasteiger partial charge in [0.05, 0.1) is 4.90 Å². The number of carbonyl (C=O) groups is 1. The minimum absolute atomic E-state index is 0.110. The Morgan fingerprint density at radius 3 is 2.85 bits per heavy atom. The summed E-state index contributed by atoms with van der Waals surface area (Å²) in [6.07, 6.45) is 6.26. The zero-order valence-electron chi connectivity index (χ0n) is 15.7. The van der Waals surface area contributed by atoms with E-state index >= 15 is 0 Å². The fourth-order valence-corrected chi connectivity index (χ4v) is 4.67. The number of benzene rings is 1. The molecule has 0 aromatic heterocycles. The van der Waals surface area contributed by atoms with Crippen LogP contribution in [0.1, 0.15) is 36.5 Å². The summed E-state index contributed by atoms with van der Waals surface area (Å²) in [5.41, 5.74) is 0.380. The highest BCUT2D eigenvalue weighted by Gasteiger charge is 2.32. The van der Waals surface area contributed by atoms with Crippen LogP contribution in [0.5, 0.6) is 0 Å². The van der Waals surface area contributed by atoms with Gasteiger partial charge in [-0.05, 0) is 31.0 Å². The number of hydrogen-bond donors (Lipinski definition) is 0. The number of nitrogens with zero attached hydrogens (tertiary/aromatic N) is 2. The van der Waals surface area contributed by atoms with Gasteiger partial charge in [0.25, 0.3) is 5.91 Å². The fourth-order valence-electron chi connectivity index (χ4n) is 3.06. The molecule has 0 aliphatic carbocycles. The van der Waals surface area contributed by atoms with Gasteiger partial charge in [-0.15, -0.1) is 0 Å². The number of sulfonamides is 1. The quantitative estimate of drug-likeness (QED) is 0.488. The Morgan fingerprint density at radius 1 is 1.38 bits per heavy atom. The van der Waals surface area contributed by atoms with Gasteiger partial charge >= 0.3 is 0 Å². The first-order chi connectivity index (χ1) is 12.4. The fraction of sp³-hybridized carbons (Fsp3) is 0.526. The number of carbonyl (C=O) groups excluding carboxylic acids is 1. The summed E-state index contributed by atoms with van der Waals surface area (Å²) in [5.74, 6) is -0.192. The largest absolute Gasteiger partial charge is 0.385 e. The molecule has 1 aromatic carbocycles. The molecule has 0 unspecified atom stereocenters. The predicted octanol–water partition coefficient (Wildman–Crippen LogP) is 2.52. The standard InChI is InChI=1S/C19H28N2O4S/c1-4-8-17-10-6-13-21(17)26(23,24)18-11-5-9-16(15-18)19(22)20(2)12-7-14-25-3/h5-6,9-11,15,17H,4,7-8,12-14H2,1-3H3/t17-/m1/s1. The lowest BCUT2D eigenvalue weighted by molar-refractivity contribution is 0.0779. The van der Waals surface area contributed by atoms with E-state index in [4.69, 9.17) is 4.74 Å².